The highest BCUT2D eigenvalue weighted by atomic mass is 16.5. The van der Waals surface area contributed by atoms with Crippen LogP contribution in [-0.2, 0) is 14.9 Å². The molecule has 0 bridgehead atoms. The topological polar surface area (TPSA) is 66.8 Å². The van der Waals surface area contributed by atoms with Crippen molar-refractivity contribution in [2.75, 3.05) is 6.61 Å². The van der Waals surface area contributed by atoms with Crippen molar-refractivity contribution in [3.05, 3.63) is 59.7 Å². The van der Waals surface area contributed by atoms with Crippen LogP contribution in [0.25, 0.3) is 0 Å². The van der Waals surface area contributed by atoms with Crippen LogP contribution in [0, 0.1) is 0 Å². The molecular formula is C20H24O4. The van der Waals surface area contributed by atoms with Crippen LogP contribution in [0.15, 0.2) is 48.5 Å². The Morgan fingerprint density at radius 3 is 1.75 bits per heavy atom. The predicted molar refractivity (Wildman–Crippen MR) is 93.2 cm³/mol. The first-order valence-corrected chi connectivity index (χ1v) is 8.30. The number of aromatic hydroxyl groups is 2. The van der Waals surface area contributed by atoms with Gasteiger partial charge >= 0.3 is 5.97 Å². The number of ether oxygens (including phenoxy) is 1. The molecule has 0 aliphatic carbocycles. The number of hydrogen-bond acceptors (Lipinski definition) is 4. The highest BCUT2D eigenvalue weighted by molar-refractivity contribution is 5.87. The number of carbonyl (C=O) groups excluding carboxylic acids is 1. The molecule has 0 heterocycles. The van der Waals surface area contributed by atoms with Gasteiger partial charge in [-0.25, -0.2) is 0 Å². The second-order valence-corrected chi connectivity index (χ2v) is 5.82. The molecule has 2 aromatic rings. The molecule has 0 aliphatic heterocycles. The molecule has 0 aliphatic rings. The van der Waals surface area contributed by atoms with Crippen molar-refractivity contribution in [2.24, 2.45) is 0 Å². The van der Waals surface area contributed by atoms with Gasteiger partial charge in [0.25, 0.3) is 0 Å². The van der Waals surface area contributed by atoms with Crippen LogP contribution in [0.4, 0.5) is 0 Å². The Labute approximate surface area is 142 Å². The van der Waals surface area contributed by atoms with Gasteiger partial charge in [-0.05, 0) is 48.7 Å². The van der Waals surface area contributed by atoms with Gasteiger partial charge in [0.2, 0.25) is 0 Å². The average Bonchev–Trinajstić information content (AvgIpc) is 2.58. The van der Waals surface area contributed by atoms with E-state index in [0.29, 0.717) is 13.0 Å². The van der Waals surface area contributed by atoms with Crippen molar-refractivity contribution in [3.8, 4) is 11.5 Å². The van der Waals surface area contributed by atoms with E-state index in [9.17, 15) is 15.0 Å². The Morgan fingerprint density at radius 1 is 0.917 bits per heavy atom. The van der Waals surface area contributed by atoms with Crippen molar-refractivity contribution in [1.82, 2.24) is 0 Å². The van der Waals surface area contributed by atoms with Crippen molar-refractivity contribution < 1.29 is 19.7 Å². The van der Waals surface area contributed by atoms with Gasteiger partial charge in [-0.3, -0.25) is 4.79 Å². The van der Waals surface area contributed by atoms with Crippen molar-refractivity contribution in [3.63, 3.8) is 0 Å². The van der Waals surface area contributed by atoms with Crippen molar-refractivity contribution >= 4 is 5.97 Å². The Bertz CT molecular complexity index is 614. The minimum Gasteiger partial charge on any atom is -0.508 e. The van der Waals surface area contributed by atoms with Crippen LogP contribution >= 0.6 is 0 Å². The van der Waals surface area contributed by atoms with Gasteiger partial charge in [-0.15, -0.1) is 0 Å². The summed E-state index contributed by atoms with van der Waals surface area (Å²) in [5.41, 5.74) is 0.601. The maximum absolute atomic E-state index is 13.0. The minimum absolute atomic E-state index is 0.151. The standard InChI is InChI=1S/C20H24O4/c1-3-5-14-20(19(23)24-4-2,15-6-10-17(21)11-7-15)16-8-12-18(22)13-9-16/h6-13,21-22H,3-5,14H2,1-2H3. The lowest BCUT2D eigenvalue weighted by atomic mass is 9.71. The molecular weight excluding hydrogens is 304 g/mol. The fourth-order valence-electron chi connectivity index (χ4n) is 2.98. The number of benzene rings is 2. The average molecular weight is 328 g/mol. The zero-order valence-corrected chi connectivity index (χ0v) is 14.2. The molecule has 0 fully saturated rings. The van der Waals surface area contributed by atoms with E-state index in [0.717, 1.165) is 24.0 Å². The number of esters is 1. The molecule has 0 saturated carbocycles. The summed E-state index contributed by atoms with van der Waals surface area (Å²) < 4.78 is 5.41. The van der Waals surface area contributed by atoms with Gasteiger partial charge in [0.15, 0.2) is 0 Å². The SMILES string of the molecule is CCCCC(C(=O)OCC)(c1ccc(O)cc1)c1ccc(O)cc1. The van der Waals surface area contributed by atoms with E-state index < -0.39 is 5.41 Å². The normalized spacial score (nSPS) is 11.2. The van der Waals surface area contributed by atoms with Crippen molar-refractivity contribution in [1.29, 1.82) is 0 Å². The third-order valence-corrected chi connectivity index (χ3v) is 4.25. The molecule has 0 saturated heterocycles. The van der Waals surface area contributed by atoms with Gasteiger partial charge in [-0.1, -0.05) is 44.0 Å². The van der Waals surface area contributed by atoms with E-state index in [1.54, 1.807) is 55.5 Å². The molecule has 0 radical (unpaired) electrons. The van der Waals surface area contributed by atoms with Gasteiger partial charge in [0.05, 0.1) is 6.61 Å². The zero-order chi connectivity index (χ0) is 17.6. The van der Waals surface area contributed by atoms with Crippen LogP contribution in [0.5, 0.6) is 11.5 Å². The van der Waals surface area contributed by atoms with Crippen LogP contribution < -0.4 is 0 Å². The van der Waals surface area contributed by atoms with E-state index in [-0.39, 0.29) is 17.5 Å². The summed E-state index contributed by atoms with van der Waals surface area (Å²) in [6.07, 6.45) is 2.38. The molecule has 0 amide bonds. The third kappa shape index (κ3) is 3.53. The van der Waals surface area contributed by atoms with E-state index in [2.05, 4.69) is 6.92 Å². The summed E-state index contributed by atoms with van der Waals surface area (Å²) in [6, 6.07) is 13.4. The van der Waals surface area contributed by atoms with Crippen LogP contribution in [0.1, 0.15) is 44.2 Å². The largest absolute Gasteiger partial charge is 0.508 e. The Kier molecular flexibility index (Phi) is 5.85. The molecule has 128 valence electrons. The summed E-state index contributed by atoms with van der Waals surface area (Å²) in [6.45, 7) is 4.16. The minimum atomic E-state index is -0.951. The van der Waals surface area contributed by atoms with E-state index in [1.807, 2.05) is 0 Å². The number of rotatable bonds is 7. The molecule has 4 heteroatoms. The lowest BCUT2D eigenvalue weighted by molar-refractivity contribution is -0.148. The summed E-state index contributed by atoms with van der Waals surface area (Å²) >= 11 is 0. The van der Waals surface area contributed by atoms with Gasteiger partial charge in [0.1, 0.15) is 16.9 Å². The molecule has 2 N–H and O–H groups in total. The molecule has 4 nitrogen and oxygen atoms in total. The number of phenolic OH excluding ortho intramolecular Hbond substituents is 2. The Morgan fingerprint density at radius 2 is 1.38 bits per heavy atom. The van der Waals surface area contributed by atoms with Gasteiger partial charge in [-0.2, -0.15) is 0 Å². The quantitative estimate of drug-likeness (QED) is 0.750. The molecule has 0 atom stereocenters. The van der Waals surface area contributed by atoms with Crippen LogP contribution in [-0.4, -0.2) is 22.8 Å². The highest BCUT2D eigenvalue weighted by Gasteiger charge is 2.42. The number of carbonyl (C=O) groups is 1. The van der Waals surface area contributed by atoms with E-state index >= 15 is 0 Å². The monoisotopic (exact) mass is 328 g/mol. The third-order valence-electron chi connectivity index (χ3n) is 4.25. The summed E-state index contributed by atoms with van der Waals surface area (Å²) in [4.78, 5) is 13.0. The van der Waals surface area contributed by atoms with Gasteiger partial charge in [0, 0.05) is 0 Å². The fraction of sp³-hybridized carbons (Fsp3) is 0.350. The second-order valence-electron chi connectivity index (χ2n) is 5.82. The lowest BCUT2D eigenvalue weighted by Crippen LogP contribution is -2.39. The summed E-state index contributed by atoms with van der Waals surface area (Å²) in [5.74, 6) is -0.00903. The fourth-order valence-corrected chi connectivity index (χ4v) is 2.98. The first-order chi connectivity index (χ1) is 11.5. The Balaban J connectivity index is 2.64. The molecule has 24 heavy (non-hydrogen) atoms. The molecule has 2 rings (SSSR count). The van der Waals surface area contributed by atoms with E-state index in [1.165, 1.54) is 0 Å². The first-order valence-electron chi connectivity index (χ1n) is 8.30. The van der Waals surface area contributed by atoms with Crippen molar-refractivity contribution in [2.45, 2.75) is 38.5 Å². The molecule has 0 aromatic heterocycles. The maximum atomic E-state index is 13.0. The zero-order valence-electron chi connectivity index (χ0n) is 14.2. The smallest absolute Gasteiger partial charge is 0.321 e. The number of hydrogen-bond donors (Lipinski definition) is 2. The lowest BCUT2D eigenvalue weighted by Gasteiger charge is -2.33. The molecule has 0 unspecified atom stereocenters. The molecule has 2 aromatic carbocycles. The maximum Gasteiger partial charge on any atom is 0.321 e. The number of unbranched alkanes of at least 4 members (excludes halogenated alkanes) is 1. The summed E-state index contributed by atoms with van der Waals surface area (Å²) in [5, 5.41) is 19.2. The predicted octanol–water partition coefficient (Wildman–Crippen LogP) is 4.14. The van der Waals surface area contributed by atoms with Gasteiger partial charge < -0.3 is 14.9 Å². The number of phenols is 2. The Hall–Kier alpha value is -2.49. The molecule has 0 spiro atoms. The summed E-state index contributed by atoms with van der Waals surface area (Å²) in [7, 11) is 0. The highest BCUT2D eigenvalue weighted by Crippen LogP contribution is 2.39. The van der Waals surface area contributed by atoms with E-state index in [4.69, 9.17) is 4.74 Å². The van der Waals surface area contributed by atoms with Crippen LogP contribution in [0.2, 0.25) is 0 Å². The second kappa shape index (κ2) is 7.86. The first kappa shape index (κ1) is 17.9. The van der Waals surface area contributed by atoms with Crippen LogP contribution in [0.3, 0.4) is 0 Å².